The molecular weight excluding hydrogens is 222 g/mol. The van der Waals surface area contributed by atoms with Crippen LogP contribution in [0.5, 0.6) is 0 Å². The smallest absolute Gasteiger partial charge is 0.261 e. The van der Waals surface area contributed by atoms with Crippen molar-refractivity contribution in [2.24, 2.45) is 0 Å². The van der Waals surface area contributed by atoms with Gasteiger partial charge in [-0.2, -0.15) is 0 Å². The molecule has 0 radical (unpaired) electrons. The number of rotatable bonds is 6. The fraction of sp³-hybridized carbons (Fsp3) is 0.600. The monoisotopic (exact) mass is 236 g/mol. The first-order valence-corrected chi connectivity index (χ1v) is 5.56. The minimum Gasteiger partial charge on any atom is -0.388 e. The summed E-state index contributed by atoms with van der Waals surface area (Å²) < 4.78 is 28.1. The lowest BCUT2D eigenvalue weighted by atomic mass is 10.1. The summed E-state index contributed by atoms with van der Waals surface area (Å²) in [5.74, 6) is 0. The molecule has 0 aliphatic carbocycles. The van der Waals surface area contributed by atoms with Crippen molar-refractivity contribution in [2.75, 3.05) is 13.2 Å². The molecule has 86 valence electrons. The Balaban J connectivity index is 2.21. The summed E-state index contributed by atoms with van der Waals surface area (Å²) in [6.07, 6.45) is -2.71. The van der Waals surface area contributed by atoms with Gasteiger partial charge in [-0.25, -0.2) is 8.78 Å². The maximum Gasteiger partial charge on any atom is 0.261 e. The molecule has 5 heteroatoms. The van der Waals surface area contributed by atoms with Crippen LogP contribution < -0.4 is 0 Å². The van der Waals surface area contributed by atoms with E-state index in [1.54, 1.807) is 11.3 Å². The van der Waals surface area contributed by atoms with Crippen LogP contribution in [0.25, 0.3) is 0 Å². The summed E-state index contributed by atoms with van der Waals surface area (Å²) >= 11 is 1.56. The number of aliphatic hydroxyl groups is 1. The van der Waals surface area contributed by atoms with Crippen LogP contribution in [0.3, 0.4) is 0 Å². The van der Waals surface area contributed by atoms with Crippen molar-refractivity contribution in [2.45, 2.75) is 25.9 Å². The largest absolute Gasteiger partial charge is 0.388 e. The molecule has 0 bridgehead atoms. The van der Waals surface area contributed by atoms with E-state index in [0.717, 1.165) is 10.4 Å². The van der Waals surface area contributed by atoms with Gasteiger partial charge in [0.15, 0.2) is 0 Å². The van der Waals surface area contributed by atoms with Crippen LogP contribution in [0.4, 0.5) is 8.78 Å². The molecule has 0 amide bonds. The SMILES string of the molecule is Cc1cc(C(O)CCOCC(F)F)cs1. The molecule has 1 aromatic heterocycles. The van der Waals surface area contributed by atoms with Gasteiger partial charge in [0.1, 0.15) is 6.61 Å². The normalized spacial score (nSPS) is 13.4. The van der Waals surface area contributed by atoms with Crippen molar-refractivity contribution in [3.8, 4) is 0 Å². The maximum atomic E-state index is 11.7. The molecular formula is C10H14F2O2S. The Morgan fingerprint density at radius 2 is 2.27 bits per heavy atom. The molecule has 1 rings (SSSR count). The number of alkyl halides is 2. The van der Waals surface area contributed by atoms with Gasteiger partial charge >= 0.3 is 0 Å². The summed E-state index contributed by atoms with van der Waals surface area (Å²) in [4.78, 5) is 1.12. The highest BCUT2D eigenvalue weighted by molar-refractivity contribution is 7.10. The highest BCUT2D eigenvalue weighted by Gasteiger charge is 2.09. The van der Waals surface area contributed by atoms with Crippen LogP contribution in [0, 0.1) is 6.92 Å². The second kappa shape index (κ2) is 6.15. The fourth-order valence-corrected chi connectivity index (χ4v) is 1.92. The minimum absolute atomic E-state index is 0.153. The second-order valence-corrected chi connectivity index (χ2v) is 4.38. The average molecular weight is 236 g/mol. The Hall–Kier alpha value is -0.520. The third-order valence-corrected chi connectivity index (χ3v) is 2.79. The lowest BCUT2D eigenvalue weighted by molar-refractivity contribution is 0.00485. The molecule has 0 saturated heterocycles. The predicted octanol–water partition coefficient (Wildman–Crippen LogP) is 2.76. The van der Waals surface area contributed by atoms with Crippen molar-refractivity contribution in [1.29, 1.82) is 0 Å². The molecule has 1 N–H and O–H groups in total. The molecule has 1 heterocycles. The third-order valence-electron chi connectivity index (χ3n) is 1.92. The zero-order valence-electron chi connectivity index (χ0n) is 8.45. The van der Waals surface area contributed by atoms with E-state index >= 15 is 0 Å². The number of thiophene rings is 1. The number of aliphatic hydroxyl groups excluding tert-OH is 1. The molecule has 0 saturated carbocycles. The Morgan fingerprint density at radius 1 is 1.53 bits per heavy atom. The Morgan fingerprint density at radius 3 is 2.80 bits per heavy atom. The third kappa shape index (κ3) is 4.68. The Labute approximate surface area is 91.5 Å². The molecule has 15 heavy (non-hydrogen) atoms. The lowest BCUT2D eigenvalue weighted by Crippen LogP contribution is -2.08. The molecule has 0 aliphatic rings. The molecule has 2 nitrogen and oxygen atoms in total. The molecule has 1 atom stereocenters. The molecule has 0 aromatic carbocycles. The molecule has 0 spiro atoms. The zero-order chi connectivity index (χ0) is 11.3. The van der Waals surface area contributed by atoms with Crippen LogP contribution in [-0.4, -0.2) is 24.7 Å². The van der Waals surface area contributed by atoms with E-state index in [-0.39, 0.29) is 6.61 Å². The highest BCUT2D eigenvalue weighted by atomic mass is 32.1. The first-order valence-electron chi connectivity index (χ1n) is 4.68. The second-order valence-electron chi connectivity index (χ2n) is 3.26. The van der Waals surface area contributed by atoms with Gasteiger partial charge in [0, 0.05) is 17.9 Å². The molecule has 0 aliphatic heterocycles. The van der Waals surface area contributed by atoms with Crippen molar-refractivity contribution in [3.63, 3.8) is 0 Å². The van der Waals surface area contributed by atoms with Crippen LogP contribution >= 0.6 is 11.3 Å². The fourth-order valence-electron chi connectivity index (χ4n) is 1.17. The van der Waals surface area contributed by atoms with Crippen LogP contribution in [-0.2, 0) is 4.74 Å². The maximum absolute atomic E-state index is 11.7. The summed E-state index contributed by atoms with van der Waals surface area (Å²) in [6, 6.07) is 1.89. The van der Waals surface area contributed by atoms with E-state index in [9.17, 15) is 13.9 Å². The number of hydrogen-bond donors (Lipinski definition) is 1. The zero-order valence-corrected chi connectivity index (χ0v) is 9.27. The Kier molecular flexibility index (Phi) is 5.14. The predicted molar refractivity (Wildman–Crippen MR) is 55.5 cm³/mol. The number of halogens is 2. The van der Waals surface area contributed by atoms with Gasteiger partial charge < -0.3 is 9.84 Å². The van der Waals surface area contributed by atoms with E-state index in [0.29, 0.717) is 6.42 Å². The van der Waals surface area contributed by atoms with Gasteiger partial charge in [-0.3, -0.25) is 0 Å². The van der Waals surface area contributed by atoms with Gasteiger partial charge in [0.2, 0.25) is 0 Å². The van der Waals surface area contributed by atoms with Gasteiger partial charge in [0.05, 0.1) is 6.10 Å². The topological polar surface area (TPSA) is 29.5 Å². The Bertz CT molecular complexity index is 289. The molecule has 1 unspecified atom stereocenters. The first kappa shape index (κ1) is 12.5. The summed E-state index contributed by atoms with van der Waals surface area (Å²) in [5, 5.41) is 11.5. The summed E-state index contributed by atoms with van der Waals surface area (Å²) in [6.45, 7) is 1.55. The van der Waals surface area contributed by atoms with Gasteiger partial charge in [-0.1, -0.05) is 0 Å². The van der Waals surface area contributed by atoms with Gasteiger partial charge in [-0.05, 0) is 23.9 Å². The average Bonchev–Trinajstić information content (AvgIpc) is 2.59. The standard InChI is InChI=1S/C10H14F2O2S/c1-7-4-8(6-15-7)9(13)2-3-14-5-10(11)12/h4,6,9-10,13H,2-3,5H2,1H3. The van der Waals surface area contributed by atoms with Crippen molar-refractivity contribution in [3.05, 3.63) is 21.9 Å². The highest BCUT2D eigenvalue weighted by Crippen LogP contribution is 2.22. The van der Waals surface area contributed by atoms with Crippen LogP contribution in [0.2, 0.25) is 0 Å². The van der Waals surface area contributed by atoms with E-state index in [1.807, 2.05) is 18.4 Å². The van der Waals surface area contributed by atoms with Crippen LogP contribution in [0.15, 0.2) is 11.4 Å². The van der Waals surface area contributed by atoms with E-state index in [1.165, 1.54) is 0 Å². The van der Waals surface area contributed by atoms with Gasteiger partial charge in [0.25, 0.3) is 6.43 Å². The number of aryl methyl sites for hydroxylation is 1. The van der Waals surface area contributed by atoms with E-state index < -0.39 is 19.1 Å². The summed E-state index contributed by atoms with van der Waals surface area (Å²) in [5.41, 5.74) is 0.832. The number of ether oxygens (including phenoxy) is 1. The van der Waals surface area contributed by atoms with Crippen molar-refractivity contribution >= 4 is 11.3 Å². The first-order chi connectivity index (χ1) is 7.09. The van der Waals surface area contributed by atoms with Crippen molar-refractivity contribution in [1.82, 2.24) is 0 Å². The van der Waals surface area contributed by atoms with Gasteiger partial charge in [-0.15, -0.1) is 11.3 Å². The van der Waals surface area contributed by atoms with Crippen molar-refractivity contribution < 1.29 is 18.6 Å². The number of hydrogen-bond acceptors (Lipinski definition) is 3. The molecule has 0 fully saturated rings. The lowest BCUT2D eigenvalue weighted by Gasteiger charge is -2.08. The quantitative estimate of drug-likeness (QED) is 0.769. The molecule has 1 aromatic rings. The summed E-state index contributed by atoms with van der Waals surface area (Å²) in [7, 11) is 0. The van der Waals surface area contributed by atoms with E-state index in [4.69, 9.17) is 0 Å². The minimum atomic E-state index is -2.44. The van der Waals surface area contributed by atoms with Crippen LogP contribution in [0.1, 0.15) is 23.0 Å². The van der Waals surface area contributed by atoms with E-state index in [2.05, 4.69) is 4.74 Å².